The largest absolute Gasteiger partial charge is 0.364 e. The van der Waals surface area contributed by atoms with E-state index in [2.05, 4.69) is 25.4 Å². The number of aromatic nitrogens is 5. The van der Waals surface area contributed by atoms with Gasteiger partial charge in [-0.15, -0.1) is 15.3 Å². The normalized spacial score (nSPS) is 16.9. The average molecular weight is 398 g/mol. The molecule has 0 aliphatic carbocycles. The van der Waals surface area contributed by atoms with Crippen LogP contribution in [0, 0.1) is 0 Å². The van der Waals surface area contributed by atoms with Crippen molar-refractivity contribution in [2.24, 2.45) is 0 Å². The van der Waals surface area contributed by atoms with Crippen molar-refractivity contribution in [3.63, 3.8) is 0 Å². The molecule has 27 heavy (non-hydrogen) atoms. The van der Waals surface area contributed by atoms with E-state index in [1.54, 1.807) is 22.0 Å². The van der Waals surface area contributed by atoms with Gasteiger partial charge in [-0.05, 0) is 42.1 Å². The molecular weight excluding hydrogens is 382 g/mol. The zero-order valence-electron chi connectivity index (χ0n) is 14.3. The van der Waals surface area contributed by atoms with E-state index in [4.69, 9.17) is 16.7 Å². The van der Waals surface area contributed by atoms with Crippen LogP contribution < -0.4 is 10.2 Å². The lowest BCUT2D eigenvalue weighted by Crippen LogP contribution is -2.27. The minimum atomic E-state index is 0.272. The maximum absolute atomic E-state index is 6.28. The van der Waals surface area contributed by atoms with Crippen LogP contribution in [0.1, 0.15) is 6.42 Å². The van der Waals surface area contributed by atoms with Crippen molar-refractivity contribution < 1.29 is 0 Å². The van der Waals surface area contributed by atoms with Crippen LogP contribution in [0.15, 0.2) is 47.3 Å². The smallest absolute Gasteiger partial charge is 0.186 e. The third-order valence-electron chi connectivity index (χ3n) is 4.62. The molecule has 136 valence electrons. The third kappa shape index (κ3) is 3.11. The Balaban J connectivity index is 1.36. The van der Waals surface area contributed by atoms with Gasteiger partial charge in [0.15, 0.2) is 11.5 Å². The fourth-order valence-electron chi connectivity index (χ4n) is 3.33. The number of thiophene rings is 1. The van der Waals surface area contributed by atoms with Crippen LogP contribution in [0.5, 0.6) is 0 Å². The zero-order valence-corrected chi connectivity index (χ0v) is 15.9. The Morgan fingerprint density at radius 3 is 3.00 bits per heavy atom. The van der Waals surface area contributed by atoms with Crippen LogP contribution in [-0.4, -0.2) is 43.9 Å². The summed E-state index contributed by atoms with van der Waals surface area (Å²) in [4.78, 5) is 6.61. The number of fused-ring (bicyclic) bond motifs is 1. The first-order valence-electron chi connectivity index (χ1n) is 8.65. The Morgan fingerprint density at radius 1 is 1.19 bits per heavy atom. The van der Waals surface area contributed by atoms with E-state index in [1.165, 1.54) is 0 Å². The summed E-state index contributed by atoms with van der Waals surface area (Å²) >= 11 is 7.91. The topological polar surface area (TPSA) is 71.2 Å². The van der Waals surface area contributed by atoms with Crippen LogP contribution in [-0.2, 0) is 0 Å². The molecule has 1 atom stereocenters. The van der Waals surface area contributed by atoms with Crippen LogP contribution >= 0.6 is 22.9 Å². The zero-order chi connectivity index (χ0) is 18.2. The summed E-state index contributed by atoms with van der Waals surface area (Å²) in [5, 5.41) is 21.4. The van der Waals surface area contributed by atoms with E-state index in [1.807, 2.05) is 41.1 Å². The first-order valence-corrected chi connectivity index (χ1v) is 9.97. The monoisotopic (exact) mass is 397 g/mol. The van der Waals surface area contributed by atoms with E-state index in [-0.39, 0.29) is 6.04 Å². The third-order valence-corrected chi connectivity index (χ3v) is 5.60. The van der Waals surface area contributed by atoms with Crippen molar-refractivity contribution >= 4 is 40.2 Å². The molecule has 0 aromatic carbocycles. The summed E-state index contributed by atoms with van der Waals surface area (Å²) in [5.41, 5.74) is 1.75. The van der Waals surface area contributed by atoms with E-state index < -0.39 is 0 Å². The molecule has 0 spiro atoms. The Hall–Kier alpha value is -2.71. The van der Waals surface area contributed by atoms with E-state index in [9.17, 15) is 0 Å². The highest BCUT2D eigenvalue weighted by Crippen LogP contribution is 2.27. The van der Waals surface area contributed by atoms with Gasteiger partial charge in [-0.3, -0.25) is 0 Å². The van der Waals surface area contributed by atoms with Gasteiger partial charge in [0, 0.05) is 36.3 Å². The van der Waals surface area contributed by atoms with Crippen LogP contribution in [0.3, 0.4) is 0 Å². The van der Waals surface area contributed by atoms with Gasteiger partial charge in [0.2, 0.25) is 0 Å². The summed E-state index contributed by atoms with van der Waals surface area (Å²) in [7, 11) is 0. The summed E-state index contributed by atoms with van der Waals surface area (Å²) in [6, 6.07) is 9.89. The molecule has 1 aliphatic heterocycles. The Labute approximate surface area is 164 Å². The minimum Gasteiger partial charge on any atom is -0.364 e. The lowest BCUT2D eigenvalue weighted by atomic mass is 10.2. The van der Waals surface area contributed by atoms with Gasteiger partial charge in [0.1, 0.15) is 11.6 Å². The van der Waals surface area contributed by atoms with E-state index >= 15 is 0 Å². The molecule has 1 saturated heterocycles. The van der Waals surface area contributed by atoms with Crippen molar-refractivity contribution in [1.29, 1.82) is 0 Å². The van der Waals surface area contributed by atoms with Crippen LogP contribution in [0.25, 0.3) is 17.0 Å². The summed E-state index contributed by atoms with van der Waals surface area (Å²) in [5.74, 6) is 2.39. The van der Waals surface area contributed by atoms with Gasteiger partial charge in [0.25, 0.3) is 0 Å². The highest BCUT2D eigenvalue weighted by molar-refractivity contribution is 7.08. The average Bonchev–Trinajstić information content (AvgIpc) is 3.42. The number of pyridine rings is 1. The van der Waals surface area contributed by atoms with E-state index in [0.29, 0.717) is 5.02 Å². The van der Waals surface area contributed by atoms with Gasteiger partial charge in [-0.2, -0.15) is 15.9 Å². The van der Waals surface area contributed by atoms with Crippen molar-refractivity contribution in [3.8, 4) is 11.4 Å². The first kappa shape index (κ1) is 16.5. The Kier molecular flexibility index (Phi) is 4.14. The Bertz CT molecular complexity index is 1080. The standard InChI is InChI=1S/C18H16ClN7S/c19-14-2-1-7-20-18(14)25-8-5-13(10-25)21-15-3-4-16-22-23-17(26(16)24-15)12-6-9-27-11-12/h1-4,6-7,9,11,13H,5,8,10H2,(H,21,24). The number of rotatable bonds is 4. The van der Waals surface area contributed by atoms with Crippen molar-refractivity contribution in [1.82, 2.24) is 24.8 Å². The Morgan fingerprint density at radius 2 is 2.15 bits per heavy atom. The molecule has 5 rings (SSSR count). The molecule has 0 saturated carbocycles. The number of halogens is 1. The van der Waals surface area contributed by atoms with Gasteiger partial charge in [-0.25, -0.2) is 4.98 Å². The second-order valence-corrected chi connectivity index (χ2v) is 7.60. The minimum absolute atomic E-state index is 0.272. The maximum Gasteiger partial charge on any atom is 0.186 e. The fraction of sp³-hybridized carbons (Fsp3) is 0.222. The molecule has 1 fully saturated rings. The van der Waals surface area contributed by atoms with Gasteiger partial charge >= 0.3 is 0 Å². The molecule has 9 heteroatoms. The maximum atomic E-state index is 6.28. The molecule has 0 amide bonds. The molecule has 4 aromatic heterocycles. The quantitative estimate of drug-likeness (QED) is 0.567. The molecule has 5 heterocycles. The number of hydrogen-bond acceptors (Lipinski definition) is 7. The molecule has 7 nitrogen and oxygen atoms in total. The molecule has 4 aromatic rings. The number of nitrogens with one attached hydrogen (secondary N) is 1. The number of anilines is 2. The SMILES string of the molecule is Clc1cccnc1N1CCC(Nc2ccc3nnc(-c4ccsc4)n3n2)C1. The fourth-order valence-corrected chi connectivity index (χ4v) is 4.20. The summed E-state index contributed by atoms with van der Waals surface area (Å²) < 4.78 is 1.78. The lowest BCUT2D eigenvalue weighted by Gasteiger charge is -2.19. The summed E-state index contributed by atoms with van der Waals surface area (Å²) in [6.45, 7) is 1.74. The second-order valence-electron chi connectivity index (χ2n) is 6.41. The van der Waals surface area contributed by atoms with E-state index in [0.717, 1.165) is 48.2 Å². The lowest BCUT2D eigenvalue weighted by molar-refractivity contribution is 0.788. The second kappa shape index (κ2) is 6.79. The highest BCUT2D eigenvalue weighted by Gasteiger charge is 2.25. The highest BCUT2D eigenvalue weighted by atomic mass is 35.5. The summed E-state index contributed by atoms with van der Waals surface area (Å²) in [6.07, 6.45) is 2.77. The van der Waals surface area contributed by atoms with Crippen LogP contribution in [0.4, 0.5) is 11.6 Å². The molecule has 1 N–H and O–H groups in total. The van der Waals surface area contributed by atoms with Crippen molar-refractivity contribution in [3.05, 3.63) is 52.3 Å². The van der Waals surface area contributed by atoms with Gasteiger partial charge < -0.3 is 10.2 Å². The number of nitrogens with zero attached hydrogens (tertiary/aromatic N) is 6. The van der Waals surface area contributed by atoms with Crippen molar-refractivity contribution in [2.75, 3.05) is 23.3 Å². The molecule has 1 unspecified atom stereocenters. The predicted octanol–water partition coefficient (Wildman–Crippen LogP) is 3.59. The molecule has 1 aliphatic rings. The number of hydrogen-bond donors (Lipinski definition) is 1. The molecule has 0 bridgehead atoms. The van der Waals surface area contributed by atoms with Crippen LogP contribution in [0.2, 0.25) is 5.02 Å². The van der Waals surface area contributed by atoms with Crippen molar-refractivity contribution in [2.45, 2.75) is 12.5 Å². The molecule has 0 radical (unpaired) electrons. The van der Waals surface area contributed by atoms with Gasteiger partial charge in [0.05, 0.1) is 5.02 Å². The predicted molar refractivity (Wildman–Crippen MR) is 108 cm³/mol. The molecular formula is C18H16ClN7S. The van der Waals surface area contributed by atoms with Gasteiger partial charge in [-0.1, -0.05) is 11.6 Å². The first-order chi connectivity index (χ1) is 13.3.